The second kappa shape index (κ2) is 5.42. The van der Waals surface area contributed by atoms with E-state index in [-0.39, 0.29) is 17.0 Å². The van der Waals surface area contributed by atoms with Crippen LogP contribution >= 0.6 is 17.0 Å². The fourth-order valence-electron chi connectivity index (χ4n) is 1.27. The number of hydrogen-bond donors (Lipinski definition) is 2. The molecule has 0 amide bonds. The Bertz CT molecular complexity index is 431. The number of ether oxygens (including phenoxy) is 1. The zero-order valence-electron chi connectivity index (χ0n) is 8.59. The van der Waals surface area contributed by atoms with Gasteiger partial charge in [-0.1, -0.05) is 24.3 Å². The van der Waals surface area contributed by atoms with Crippen LogP contribution < -0.4 is 16.2 Å². The van der Waals surface area contributed by atoms with Gasteiger partial charge < -0.3 is 16.2 Å². The van der Waals surface area contributed by atoms with Crippen molar-refractivity contribution in [1.82, 2.24) is 0 Å². The van der Waals surface area contributed by atoms with Crippen molar-refractivity contribution in [2.24, 2.45) is 0 Å². The summed E-state index contributed by atoms with van der Waals surface area (Å²) in [6.07, 6.45) is 0. The molecule has 4 N–H and O–H groups in total. The lowest BCUT2D eigenvalue weighted by Gasteiger charge is -2.09. The van der Waals surface area contributed by atoms with Gasteiger partial charge in [0.2, 0.25) is 0 Å². The van der Waals surface area contributed by atoms with E-state index >= 15 is 0 Å². The van der Waals surface area contributed by atoms with E-state index in [4.69, 9.17) is 16.2 Å². The fourth-order valence-corrected chi connectivity index (χ4v) is 1.27. The molecule has 0 radical (unpaired) electrons. The number of nitrogen functional groups attached to an aromatic ring is 2. The summed E-state index contributed by atoms with van der Waals surface area (Å²) in [6.45, 7) is 0. The van der Waals surface area contributed by atoms with Crippen LogP contribution in [0.25, 0.3) is 0 Å². The van der Waals surface area contributed by atoms with Crippen molar-refractivity contribution in [2.75, 3.05) is 11.5 Å². The smallest absolute Gasteiger partial charge is 0.150 e. The first-order chi connectivity index (χ1) is 7.27. The highest BCUT2D eigenvalue weighted by molar-refractivity contribution is 8.93. The van der Waals surface area contributed by atoms with E-state index in [0.29, 0.717) is 22.9 Å². The highest BCUT2D eigenvalue weighted by Crippen LogP contribution is 2.30. The minimum Gasteiger partial charge on any atom is -0.453 e. The number of benzene rings is 2. The van der Waals surface area contributed by atoms with Gasteiger partial charge in [-0.25, -0.2) is 0 Å². The summed E-state index contributed by atoms with van der Waals surface area (Å²) in [5, 5.41) is 0. The maximum Gasteiger partial charge on any atom is 0.150 e. The highest BCUT2D eigenvalue weighted by Gasteiger charge is 2.02. The Morgan fingerprint density at radius 1 is 0.688 bits per heavy atom. The molecule has 2 aromatic rings. The Hall–Kier alpha value is -1.68. The molecule has 0 saturated carbocycles. The van der Waals surface area contributed by atoms with Crippen LogP contribution in [0.1, 0.15) is 0 Å². The van der Waals surface area contributed by atoms with E-state index in [1.54, 1.807) is 12.1 Å². The maximum absolute atomic E-state index is 5.75. The lowest BCUT2D eigenvalue weighted by atomic mass is 10.3. The Balaban J connectivity index is 0.00000128. The molecule has 0 unspecified atom stereocenters. The first-order valence-electron chi connectivity index (χ1n) is 4.64. The van der Waals surface area contributed by atoms with Crippen LogP contribution in [-0.2, 0) is 0 Å². The van der Waals surface area contributed by atoms with E-state index in [1.807, 2.05) is 36.4 Å². The minimum absolute atomic E-state index is 0. The first-order valence-corrected chi connectivity index (χ1v) is 4.64. The maximum atomic E-state index is 5.75. The number of nitrogens with two attached hydrogens (primary N) is 2. The van der Waals surface area contributed by atoms with Crippen LogP contribution in [0.2, 0.25) is 0 Å². The number of para-hydroxylation sites is 4. The third kappa shape index (κ3) is 2.67. The summed E-state index contributed by atoms with van der Waals surface area (Å²) < 4.78 is 5.59. The molecule has 2 aromatic carbocycles. The zero-order valence-corrected chi connectivity index (χ0v) is 10.3. The summed E-state index contributed by atoms with van der Waals surface area (Å²) in [5.41, 5.74) is 12.7. The topological polar surface area (TPSA) is 61.3 Å². The van der Waals surface area contributed by atoms with Crippen LogP contribution in [0.15, 0.2) is 48.5 Å². The molecular weight excluding hydrogens is 268 g/mol. The largest absolute Gasteiger partial charge is 0.453 e. The monoisotopic (exact) mass is 280 g/mol. The van der Waals surface area contributed by atoms with Crippen LogP contribution in [0.3, 0.4) is 0 Å². The molecule has 0 spiro atoms. The average Bonchev–Trinajstić information content (AvgIpc) is 2.24. The predicted octanol–water partition coefficient (Wildman–Crippen LogP) is 3.22. The van der Waals surface area contributed by atoms with Gasteiger partial charge in [-0.3, -0.25) is 0 Å². The van der Waals surface area contributed by atoms with Gasteiger partial charge in [0.1, 0.15) is 11.5 Å². The lowest BCUT2D eigenvalue weighted by Crippen LogP contribution is -1.94. The lowest BCUT2D eigenvalue weighted by molar-refractivity contribution is 0.487. The summed E-state index contributed by atoms with van der Waals surface area (Å²) >= 11 is 0. The van der Waals surface area contributed by atoms with Gasteiger partial charge in [0, 0.05) is 0 Å². The van der Waals surface area contributed by atoms with Crippen LogP contribution in [-0.4, -0.2) is 0 Å². The summed E-state index contributed by atoms with van der Waals surface area (Å²) in [4.78, 5) is 0. The van der Waals surface area contributed by atoms with E-state index in [0.717, 1.165) is 0 Å². The molecule has 4 heteroatoms. The molecule has 0 aliphatic heterocycles. The van der Waals surface area contributed by atoms with Gasteiger partial charge in [-0.15, -0.1) is 17.0 Å². The van der Waals surface area contributed by atoms with Gasteiger partial charge in [0.15, 0.2) is 0 Å². The molecule has 0 fully saturated rings. The zero-order chi connectivity index (χ0) is 10.7. The van der Waals surface area contributed by atoms with Gasteiger partial charge in [-0.05, 0) is 24.3 Å². The second-order valence-electron chi connectivity index (χ2n) is 3.18. The molecule has 0 heterocycles. The quantitative estimate of drug-likeness (QED) is 0.831. The van der Waals surface area contributed by atoms with Crippen molar-refractivity contribution in [1.29, 1.82) is 0 Å². The third-order valence-electron chi connectivity index (χ3n) is 2.06. The highest BCUT2D eigenvalue weighted by atomic mass is 79.9. The average molecular weight is 281 g/mol. The van der Waals surface area contributed by atoms with Crippen molar-refractivity contribution in [2.45, 2.75) is 0 Å². The molecule has 84 valence electrons. The van der Waals surface area contributed by atoms with Gasteiger partial charge in [0.25, 0.3) is 0 Å². The standard InChI is InChI=1S/C12H12N2O.BrH/c13-9-5-1-3-7-11(9)15-12-8-4-2-6-10(12)14;/h1-8H,13-14H2;1H. The molecule has 0 aromatic heterocycles. The fraction of sp³-hybridized carbons (Fsp3) is 0. The predicted molar refractivity (Wildman–Crippen MR) is 72.1 cm³/mol. The number of rotatable bonds is 2. The number of anilines is 2. The van der Waals surface area contributed by atoms with Crippen LogP contribution in [0.4, 0.5) is 11.4 Å². The Kier molecular flexibility index (Phi) is 4.19. The summed E-state index contributed by atoms with van der Waals surface area (Å²) in [6, 6.07) is 14.6. The molecule has 0 saturated heterocycles. The van der Waals surface area contributed by atoms with Crippen molar-refractivity contribution in [3.8, 4) is 11.5 Å². The Morgan fingerprint density at radius 2 is 1.06 bits per heavy atom. The van der Waals surface area contributed by atoms with Gasteiger partial charge >= 0.3 is 0 Å². The molecule has 0 bridgehead atoms. The summed E-state index contributed by atoms with van der Waals surface area (Å²) in [5.74, 6) is 1.24. The van der Waals surface area contributed by atoms with Crippen LogP contribution in [0.5, 0.6) is 11.5 Å². The van der Waals surface area contributed by atoms with Crippen molar-refractivity contribution in [3.05, 3.63) is 48.5 Å². The summed E-state index contributed by atoms with van der Waals surface area (Å²) in [7, 11) is 0. The molecule has 0 atom stereocenters. The first kappa shape index (κ1) is 12.4. The van der Waals surface area contributed by atoms with Gasteiger partial charge in [0.05, 0.1) is 11.4 Å². The van der Waals surface area contributed by atoms with Gasteiger partial charge in [-0.2, -0.15) is 0 Å². The second-order valence-corrected chi connectivity index (χ2v) is 3.18. The normalized spacial score (nSPS) is 9.25. The molecule has 3 nitrogen and oxygen atoms in total. The SMILES string of the molecule is Br.Nc1ccccc1Oc1ccccc1N. The number of halogens is 1. The van der Waals surface area contributed by atoms with Crippen LogP contribution in [0, 0.1) is 0 Å². The Labute approximate surface area is 105 Å². The molecule has 0 aliphatic rings. The van der Waals surface area contributed by atoms with E-state index < -0.39 is 0 Å². The third-order valence-corrected chi connectivity index (χ3v) is 2.06. The molecule has 16 heavy (non-hydrogen) atoms. The van der Waals surface area contributed by atoms with E-state index in [1.165, 1.54) is 0 Å². The van der Waals surface area contributed by atoms with Crippen molar-refractivity contribution >= 4 is 28.4 Å². The molecule has 2 rings (SSSR count). The number of hydrogen-bond acceptors (Lipinski definition) is 3. The van der Waals surface area contributed by atoms with E-state index in [9.17, 15) is 0 Å². The minimum atomic E-state index is 0. The van der Waals surface area contributed by atoms with Crippen molar-refractivity contribution in [3.63, 3.8) is 0 Å². The Morgan fingerprint density at radius 3 is 1.44 bits per heavy atom. The molecule has 0 aliphatic carbocycles. The van der Waals surface area contributed by atoms with Crippen molar-refractivity contribution < 1.29 is 4.74 Å². The van der Waals surface area contributed by atoms with E-state index in [2.05, 4.69) is 0 Å². The molecular formula is C12H13BrN2O.